The summed E-state index contributed by atoms with van der Waals surface area (Å²) in [5.74, 6) is 0.0412. The standard InChI is InChI=1S/C16H23F2NO4/c1-4-12(22-5-2)15(20)19-9-8-11-6-7-13(21-3)14(10-11)23-16(17)18/h6-7,10,12,16H,4-5,8-9H2,1-3H3,(H,19,20)/t12-/m0/s1. The fourth-order valence-corrected chi connectivity index (χ4v) is 2.09. The van der Waals surface area contributed by atoms with Crippen LogP contribution in [0.5, 0.6) is 11.5 Å². The Morgan fingerprint density at radius 1 is 1.26 bits per heavy atom. The van der Waals surface area contributed by atoms with Crippen LogP contribution in [0.4, 0.5) is 8.78 Å². The molecule has 0 heterocycles. The molecule has 1 aromatic rings. The van der Waals surface area contributed by atoms with Gasteiger partial charge in [0.05, 0.1) is 7.11 Å². The van der Waals surface area contributed by atoms with E-state index in [2.05, 4.69) is 10.1 Å². The lowest BCUT2D eigenvalue weighted by Gasteiger charge is -2.15. The molecule has 0 aliphatic rings. The van der Waals surface area contributed by atoms with Crippen LogP contribution in [0, 0.1) is 0 Å². The van der Waals surface area contributed by atoms with Gasteiger partial charge in [-0.1, -0.05) is 13.0 Å². The Morgan fingerprint density at radius 2 is 2.00 bits per heavy atom. The van der Waals surface area contributed by atoms with Crippen molar-refractivity contribution in [2.75, 3.05) is 20.3 Å². The van der Waals surface area contributed by atoms with E-state index in [1.165, 1.54) is 13.2 Å². The molecule has 1 rings (SSSR count). The number of carbonyl (C=O) groups excluding carboxylic acids is 1. The van der Waals surface area contributed by atoms with Crippen LogP contribution in [0.3, 0.4) is 0 Å². The summed E-state index contributed by atoms with van der Waals surface area (Å²) < 4.78 is 39.5. The van der Waals surface area contributed by atoms with Gasteiger partial charge in [0.25, 0.3) is 0 Å². The van der Waals surface area contributed by atoms with Gasteiger partial charge in [0, 0.05) is 13.2 Å². The fraction of sp³-hybridized carbons (Fsp3) is 0.562. The molecule has 23 heavy (non-hydrogen) atoms. The molecule has 0 aliphatic carbocycles. The number of methoxy groups -OCH3 is 1. The van der Waals surface area contributed by atoms with E-state index >= 15 is 0 Å². The zero-order valence-electron chi connectivity index (χ0n) is 13.6. The molecule has 1 N–H and O–H groups in total. The molecule has 7 heteroatoms. The molecule has 0 radical (unpaired) electrons. The van der Waals surface area contributed by atoms with E-state index in [1.54, 1.807) is 12.1 Å². The Hall–Kier alpha value is -1.89. The summed E-state index contributed by atoms with van der Waals surface area (Å²) >= 11 is 0. The number of hydrogen-bond acceptors (Lipinski definition) is 4. The van der Waals surface area contributed by atoms with Crippen molar-refractivity contribution in [2.24, 2.45) is 0 Å². The molecule has 1 amide bonds. The second kappa shape index (κ2) is 9.99. The third kappa shape index (κ3) is 6.40. The van der Waals surface area contributed by atoms with Crippen molar-refractivity contribution < 1.29 is 27.8 Å². The highest BCUT2D eigenvalue weighted by Gasteiger charge is 2.16. The zero-order valence-corrected chi connectivity index (χ0v) is 13.6. The van der Waals surface area contributed by atoms with Crippen LogP contribution in [-0.4, -0.2) is 38.9 Å². The van der Waals surface area contributed by atoms with Gasteiger partial charge in [-0.05, 0) is 37.5 Å². The molecule has 0 saturated carbocycles. The van der Waals surface area contributed by atoms with Crippen LogP contribution >= 0.6 is 0 Å². The molecule has 0 aromatic heterocycles. The summed E-state index contributed by atoms with van der Waals surface area (Å²) in [6.07, 6.45) is 0.612. The Morgan fingerprint density at radius 3 is 2.57 bits per heavy atom. The lowest BCUT2D eigenvalue weighted by Crippen LogP contribution is -2.37. The van der Waals surface area contributed by atoms with Crippen molar-refractivity contribution in [1.29, 1.82) is 0 Å². The number of amides is 1. The molecule has 0 bridgehead atoms. The van der Waals surface area contributed by atoms with Crippen LogP contribution in [0.2, 0.25) is 0 Å². The van der Waals surface area contributed by atoms with Crippen molar-refractivity contribution in [2.45, 2.75) is 39.4 Å². The number of carbonyl (C=O) groups is 1. The van der Waals surface area contributed by atoms with Crippen molar-refractivity contribution in [3.63, 3.8) is 0 Å². The van der Waals surface area contributed by atoms with E-state index < -0.39 is 12.7 Å². The van der Waals surface area contributed by atoms with Gasteiger partial charge in [-0.2, -0.15) is 8.78 Å². The third-order valence-corrected chi connectivity index (χ3v) is 3.19. The van der Waals surface area contributed by atoms with Crippen molar-refractivity contribution >= 4 is 5.91 Å². The Kier molecular flexibility index (Phi) is 8.32. The first kappa shape index (κ1) is 19.2. The van der Waals surface area contributed by atoms with Gasteiger partial charge < -0.3 is 19.5 Å². The number of hydrogen-bond donors (Lipinski definition) is 1. The minimum atomic E-state index is -2.92. The van der Waals surface area contributed by atoms with Crippen molar-refractivity contribution in [3.05, 3.63) is 23.8 Å². The van der Waals surface area contributed by atoms with Gasteiger partial charge in [-0.15, -0.1) is 0 Å². The van der Waals surface area contributed by atoms with Gasteiger partial charge in [0.2, 0.25) is 5.91 Å². The SMILES string of the molecule is CCO[C@@H](CC)C(=O)NCCc1ccc(OC)c(OC(F)F)c1. The molecule has 0 saturated heterocycles. The van der Waals surface area contributed by atoms with Crippen molar-refractivity contribution in [1.82, 2.24) is 5.32 Å². The average molecular weight is 331 g/mol. The van der Waals surface area contributed by atoms with Gasteiger partial charge in [-0.25, -0.2) is 0 Å². The molecular formula is C16H23F2NO4. The first-order valence-corrected chi connectivity index (χ1v) is 7.52. The van der Waals surface area contributed by atoms with E-state index in [1.807, 2.05) is 13.8 Å². The normalized spacial score (nSPS) is 12.1. The van der Waals surface area contributed by atoms with Crippen LogP contribution in [0.1, 0.15) is 25.8 Å². The molecule has 1 aromatic carbocycles. The van der Waals surface area contributed by atoms with Crippen LogP contribution in [0.25, 0.3) is 0 Å². The largest absolute Gasteiger partial charge is 0.493 e. The first-order chi connectivity index (χ1) is 11.0. The van der Waals surface area contributed by atoms with Gasteiger partial charge in [0.1, 0.15) is 6.10 Å². The summed E-state index contributed by atoms with van der Waals surface area (Å²) in [7, 11) is 1.38. The Labute approximate surface area is 134 Å². The quantitative estimate of drug-likeness (QED) is 0.716. The lowest BCUT2D eigenvalue weighted by molar-refractivity contribution is -0.132. The average Bonchev–Trinajstić information content (AvgIpc) is 2.52. The van der Waals surface area contributed by atoms with Crippen LogP contribution < -0.4 is 14.8 Å². The van der Waals surface area contributed by atoms with Gasteiger partial charge in [0.15, 0.2) is 11.5 Å². The summed E-state index contributed by atoms with van der Waals surface area (Å²) in [6, 6.07) is 4.78. The second-order valence-electron chi connectivity index (χ2n) is 4.76. The third-order valence-electron chi connectivity index (χ3n) is 3.19. The highest BCUT2D eigenvalue weighted by molar-refractivity contribution is 5.80. The maximum absolute atomic E-state index is 12.4. The molecular weight excluding hydrogens is 308 g/mol. The van der Waals surface area contributed by atoms with E-state index in [9.17, 15) is 13.6 Å². The predicted molar refractivity (Wildman–Crippen MR) is 82.0 cm³/mol. The highest BCUT2D eigenvalue weighted by Crippen LogP contribution is 2.29. The number of halogens is 2. The molecule has 0 spiro atoms. The van der Waals surface area contributed by atoms with Crippen molar-refractivity contribution in [3.8, 4) is 11.5 Å². The minimum absolute atomic E-state index is 0.0212. The van der Waals surface area contributed by atoms with Crippen LogP contribution in [-0.2, 0) is 16.0 Å². The number of rotatable bonds is 10. The summed E-state index contributed by atoms with van der Waals surface area (Å²) in [5, 5.41) is 2.77. The smallest absolute Gasteiger partial charge is 0.387 e. The monoisotopic (exact) mass is 331 g/mol. The van der Waals surface area contributed by atoms with E-state index in [-0.39, 0.29) is 17.4 Å². The molecule has 0 unspecified atom stereocenters. The molecule has 130 valence electrons. The van der Waals surface area contributed by atoms with Gasteiger partial charge >= 0.3 is 6.61 Å². The molecule has 0 fully saturated rings. The molecule has 5 nitrogen and oxygen atoms in total. The summed E-state index contributed by atoms with van der Waals surface area (Å²) in [5.41, 5.74) is 0.756. The first-order valence-electron chi connectivity index (χ1n) is 7.52. The van der Waals surface area contributed by atoms with E-state index in [4.69, 9.17) is 9.47 Å². The number of benzene rings is 1. The number of alkyl halides is 2. The Bertz CT molecular complexity index is 497. The molecule has 1 atom stereocenters. The minimum Gasteiger partial charge on any atom is -0.493 e. The predicted octanol–water partition coefficient (Wildman–Crippen LogP) is 2.77. The zero-order chi connectivity index (χ0) is 17.2. The maximum atomic E-state index is 12.4. The Balaban J connectivity index is 2.59. The highest BCUT2D eigenvalue weighted by atomic mass is 19.3. The summed E-state index contributed by atoms with van der Waals surface area (Å²) in [6.45, 7) is 1.63. The molecule has 0 aliphatic heterocycles. The maximum Gasteiger partial charge on any atom is 0.387 e. The van der Waals surface area contributed by atoms with E-state index in [0.29, 0.717) is 26.0 Å². The van der Waals surface area contributed by atoms with E-state index in [0.717, 1.165) is 5.56 Å². The second-order valence-corrected chi connectivity index (χ2v) is 4.76. The van der Waals surface area contributed by atoms with Crippen LogP contribution in [0.15, 0.2) is 18.2 Å². The van der Waals surface area contributed by atoms with Gasteiger partial charge in [-0.3, -0.25) is 4.79 Å². The number of ether oxygens (including phenoxy) is 3. The summed E-state index contributed by atoms with van der Waals surface area (Å²) in [4.78, 5) is 11.9. The topological polar surface area (TPSA) is 56.8 Å². The number of nitrogens with one attached hydrogen (secondary N) is 1. The lowest BCUT2D eigenvalue weighted by atomic mass is 10.1. The fourth-order valence-electron chi connectivity index (χ4n) is 2.09.